The fourth-order valence-corrected chi connectivity index (χ4v) is 1.54. The van der Waals surface area contributed by atoms with Gasteiger partial charge in [-0.3, -0.25) is 14.9 Å². The molecular weight excluding hydrogens is 282 g/mol. The molecule has 0 atom stereocenters. The van der Waals surface area contributed by atoms with Crippen LogP contribution in [0, 0.1) is 10.1 Å². The Kier molecular flexibility index (Phi) is 5.65. The molecule has 0 aliphatic heterocycles. The third-order valence-corrected chi connectivity index (χ3v) is 2.40. The third kappa shape index (κ3) is 4.16. The van der Waals surface area contributed by atoms with Crippen molar-refractivity contribution in [2.45, 2.75) is 13.8 Å². The van der Waals surface area contributed by atoms with Gasteiger partial charge in [-0.2, -0.15) is 0 Å². The first-order chi connectivity index (χ1) is 9.90. The molecule has 1 aromatic rings. The first-order valence-corrected chi connectivity index (χ1v) is 6.06. The molecule has 0 saturated carbocycles. The minimum absolute atomic E-state index is 0.148. The van der Waals surface area contributed by atoms with E-state index in [-0.39, 0.29) is 29.5 Å². The molecule has 0 heterocycles. The Morgan fingerprint density at radius 1 is 1.29 bits per heavy atom. The highest BCUT2D eigenvalue weighted by Crippen LogP contribution is 2.35. The Bertz CT molecular complexity index is 568. The lowest BCUT2D eigenvalue weighted by atomic mass is 10.1. The zero-order chi connectivity index (χ0) is 16.0. The number of ether oxygens (including phenoxy) is 3. The van der Waals surface area contributed by atoms with E-state index in [2.05, 4.69) is 0 Å². The van der Waals surface area contributed by atoms with Crippen molar-refractivity contribution in [2.75, 3.05) is 20.3 Å². The number of hydrogen-bond acceptors (Lipinski definition) is 7. The molecule has 0 radical (unpaired) electrons. The van der Waals surface area contributed by atoms with Crippen LogP contribution in [-0.2, 0) is 9.53 Å². The third-order valence-electron chi connectivity index (χ3n) is 2.40. The zero-order valence-corrected chi connectivity index (χ0v) is 11.9. The summed E-state index contributed by atoms with van der Waals surface area (Å²) in [6.07, 6.45) is 0. The molecule has 8 nitrogen and oxygen atoms in total. The minimum Gasteiger partial charge on any atom is -0.493 e. The number of rotatable bonds is 7. The molecule has 0 bridgehead atoms. The van der Waals surface area contributed by atoms with E-state index >= 15 is 0 Å². The van der Waals surface area contributed by atoms with Crippen molar-refractivity contribution in [3.63, 3.8) is 0 Å². The summed E-state index contributed by atoms with van der Waals surface area (Å²) in [6.45, 7) is 2.77. The lowest BCUT2D eigenvalue weighted by Gasteiger charge is -2.11. The quantitative estimate of drug-likeness (QED) is 0.429. The van der Waals surface area contributed by atoms with Crippen LogP contribution >= 0.6 is 0 Å². The molecule has 1 rings (SSSR count). The van der Waals surface area contributed by atoms with Gasteiger partial charge in [-0.05, 0) is 13.8 Å². The molecule has 0 spiro atoms. The van der Waals surface area contributed by atoms with E-state index in [9.17, 15) is 19.7 Å². The zero-order valence-electron chi connectivity index (χ0n) is 11.9. The SMILES string of the molecule is CCOc1cc([N+](=O)[O-])c(C(=O)OCC(C)=O)cc1OC. The topological polar surface area (TPSA) is 105 Å². The van der Waals surface area contributed by atoms with Gasteiger partial charge in [0, 0.05) is 6.07 Å². The maximum absolute atomic E-state index is 11.8. The Balaban J connectivity index is 3.25. The molecule has 0 amide bonds. The monoisotopic (exact) mass is 297 g/mol. The maximum atomic E-state index is 11.8. The van der Waals surface area contributed by atoms with Crippen LogP contribution in [0.25, 0.3) is 0 Å². The summed E-state index contributed by atoms with van der Waals surface area (Å²) in [5.74, 6) is -1.03. The van der Waals surface area contributed by atoms with Gasteiger partial charge in [-0.15, -0.1) is 0 Å². The molecule has 0 saturated heterocycles. The second kappa shape index (κ2) is 7.22. The van der Waals surface area contributed by atoms with Gasteiger partial charge >= 0.3 is 5.97 Å². The number of methoxy groups -OCH3 is 1. The van der Waals surface area contributed by atoms with Gasteiger partial charge in [0.15, 0.2) is 17.3 Å². The largest absolute Gasteiger partial charge is 0.493 e. The van der Waals surface area contributed by atoms with Crippen LogP contribution < -0.4 is 9.47 Å². The van der Waals surface area contributed by atoms with Crippen LogP contribution in [0.4, 0.5) is 5.69 Å². The number of ketones is 1. The number of esters is 1. The Labute approximate surface area is 120 Å². The number of benzene rings is 1. The Hall–Kier alpha value is -2.64. The van der Waals surface area contributed by atoms with Crippen LogP contribution in [0.1, 0.15) is 24.2 Å². The first-order valence-electron chi connectivity index (χ1n) is 6.06. The molecule has 0 N–H and O–H groups in total. The van der Waals surface area contributed by atoms with Crippen molar-refractivity contribution < 1.29 is 28.7 Å². The minimum atomic E-state index is -0.974. The Morgan fingerprint density at radius 3 is 2.43 bits per heavy atom. The van der Waals surface area contributed by atoms with E-state index in [1.807, 2.05) is 0 Å². The highest BCUT2D eigenvalue weighted by atomic mass is 16.6. The van der Waals surface area contributed by atoms with Gasteiger partial charge < -0.3 is 14.2 Å². The standard InChI is InChI=1S/C13H15NO7/c1-4-20-12-6-10(14(17)18)9(5-11(12)19-3)13(16)21-7-8(2)15/h5-6H,4,7H2,1-3H3. The summed E-state index contributed by atoms with van der Waals surface area (Å²) < 4.78 is 14.9. The summed E-state index contributed by atoms with van der Waals surface area (Å²) in [6, 6.07) is 2.25. The van der Waals surface area contributed by atoms with Gasteiger partial charge in [-0.1, -0.05) is 0 Å². The van der Waals surface area contributed by atoms with E-state index in [4.69, 9.17) is 14.2 Å². The second-order valence-corrected chi connectivity index (χ2v) is 3.99. The van der Waals surface area contributed by atoms with Crippen LogP contribution in [0.2, 0.25) is 0 Å². The molecule has 114 valence electrons. The van der Waals surface area contributed by atoms with Crippen molar-refractivity contribution in [2.24, 2.45) is 0 Å². The summed E-state index contributed by atoms with van der Waals surface area (Å²) >= 11 is 0. The predicted octanol–water partition coefficient (Wildman–Crippen LogP) is 1.75. The van der Waals surface area contributed by atoms with Crippen molar-refractivity contribution in [1.82, 2.24) is 0 Å². The molecule has 0 aliphatic carbocycles. The van der Waals surface area contributed by atoms with Gasteiger partial charge in [0.05, 0.1) is 24.7 Å². The van der Waals surface area contributed by atoms with Gasteiger partial charge in [0.1, 0.15) is 12.2 Å². The molecule has 8 heteroatoms. The van der Waals surface area contributed by atoms with Crippen LogP contribution in [0.15, 0.2) is 12.1 Å². The number of nitro groups is 1. The highest BCUT2D eigenvalue weighted by Gasteiger charge is 2.26. The lowest BCUT2D eigenvalue weighted by molar-refractivity contribution is -0.385. The average Bonchev–Trinajstić information content (AvgIpc) is 2.44. The number of carbonyl (C=O) groups is 2. The normalized spacial score (nSPS) is 9.86. The van der Waals surface area contributed by atoms with Crippen LogP contribution in [-0.4, -0.2) is 37.0 Å². The van der Waals surface area contributed by atoms with E-state index in [0.29, 0.717) is 0 Å². The molecule has 0 fully saturated rings. The number of hydrogen-bond donors (Lipinski definition) is 0. The van der Waals surface area contributed by atoms with Crippen molar-refractivity contribution in [3.05, 3.63) is 27.8 Å². The van der Waals surface area contributed by atoms with Crippen molar-refractivity contribution in [3.8, 4) is 11.5 Å². The molecule has 0 aromatic heterocycles. The van der Waals surface area contributed by atoms with E-state index in [0.717, 1.165) is 12.1 Å². The van der Waals surface area contributed by atoms with Crippen molar-refractivity contribution in [1.29, 1.82) is 0 Å². The number of carbonyl (C=O) groups excluding carboxylic acids is 2. The fraction of sp³-hybridized carbons (Fsp3) is 0.385. The number of nitrogens with zero attached hydrogens (tertiary/aromatic N) is 1. The van der Waals surface area contributed by atoms with E-state index in [1.54, 1.807) is 6.92 Å². The van der Waals surface area contributed by atoms with E-state index in [1.165, 1.54) is 14.0 Å². The van der Waals surface area contributed by atoms with Gasteiger partial charge in [-0.25, -0.2) is 4.79 Å². The smallest absolute Gasteiger partial charge is 0.345 e. The van der Waals surface area contributed by atoms with Crippen molar-refractivity contribution >= 4 is 17.4 Å². The van der Waals surface area contributed by atoms with Crippen LogP contribution in [0.3, 0.4) is 0 Å². The second-order valence-electron chi connectivity index (χ2n) is 3.99. The summed E-state index contributed by atoms with van der Waals surface area (Å²) in [4.78, 5) is 33.0. The lowest BCUT2D eigenvalue weighted by Crippen LogP contribution is -2.13. The Morgan fingerprint density at radius 2 is 1.95 bits per heavy atom. The van der Waals surface area contributed by atoms with E-state index < -0.39 is 23.2 Å². The molecule has 21 heavy (non-hydrogen) atoms. The fourth-order valence-electron chi connectivity index (χ4n) is 1.54. The van der Waals surface area contributed by atoms with Crippen LogP contribution in [0.5, 0.6) is 11.5 Å². The summed E-state index contributed by atoms with van der Waals surface area (Å²) in [5.41, 5.74) is -0.783. The summed E-state index contributed by atoms with van der Waals surface area (Å²) in [5, 5.41) is 11.1. The molecule has 1 aromatic carbocycles. The summed E-state index contributed by atoms with van der Waals surface area (Å²) in [7, 11) is 1.34. The predicted molar refractivity (Wildman–Crippen MR) is 71.8 cm³/mol. The molecular formula is C13H15NO7. The number of nitro benzene ring substituents is 1. The highest BCUT2D eigenvalue weighted by molar-refractivity contribution is 5.96. The molecule has 0 aliphatic rings. The molecule has 0 unspecified atom stereocenters. The maximum Gasteiger partial charge on any atom is 0.345 e. The first kappa shape index (κ1) is 16.4. The average molecular weight is 297 g/mol. The van der Waals surface area contributed by atoms with Gasteiger partial charge in [0.25, 0.3) is 5.69 Å². The number of Topliss-reactive ketones (excluding diaryl/α,β-unsaturated/α-hetero) is 1. The van der Waals surface area contributed by atoms with Gasteiger partial charge in [0.2, 0.25) is 0 Å².